The van der Waals surface area contributed by atoms with Gasteiger partial charge >= 0.3 is 5.97 Å². The SMILES string of the molecule is Cc1cncc(C(=O)N[C@H](C)C(=O)OC(C)(C)C)c1. The monoisotopic (exact) mass is 264 g/mol. The van der Waals surface area contributed by atoms with Crippen LogP contribution in [0.1, 0.15) is 43.6 Å². The Labute approximate surface area is 113 Å². The quantitative estimate of drug-likeness (QED) is 0.846. The highest BCUT2D eigenvalue weighted by molar-refractivity contribution is 5.96. The van der Waals surface area contributed by atoms with Crippen molar-refractivity contribution in [3.05, 3.63) is 29.6 Å². The van der Waals surface area contributed by atoms with E-state index in [9.17, 15) is 9.59 Å². The fraction of sp³-hybridized carbons (Fsp3) is 0.500. The second kappa shape index (κ2) is 5.82. The second-order valence-corrected chi connectivity index (χ2v) is 5.48. The van der Waals surface area contributed by atoms with Crippen molar-refractivity contribution in [1.82, 2.24) is 10.3 Å². The van der Waals surface area contributed by atoms with Gasteiger partial charge in [-0.05, 0) is 46.2 Å². The first-order valence-corrected chi connectivity index (χ1v) is 6.14. The molecule has 0 spiro atoms. The van der Waals surface area contributed by atoms with Crippen molar-refractivity contribution in [3.63, 3.8) is 0 Å². The Kier molecular flexibility index (Phi) is 4.64. The molecule has 0 fully saturated rings. The van der Waals surface area contributed by atoms with Crippen LogP contribution in [0.15, 0.2) is 18.5 Å². The molecule has 0 unspecified atom stereocenters. The molecule has 0 saturated carbocycles. The lowest BCUT2D eigenvalue weighted by atomic mass is 10.2. The fourth-order valence-corrected chi connectivity index (χ4v) is 1.41. The summed E-state index contributed by atoms with van der Waals surface area (Å²) in [6.45, 7) is 8.79. The van der Waals surface area contributed by atoms with E-state index in [1.807, 2.05) is 6.92 Å². The summed E-state index contributed by atoms with van der Waals surface area (Å²) < 4.78 is 5.19. The van der Waals surface area contributed by atoms with Crippen LogP contribution in [0.2, 0.25) is 0 Å². The van der Waals surface area contributed by atoms with Gasteiger partial charge in [0, 0.05) is 12.4 Å². The van der Waals surface area contributed by atoms with E-state index in [1.54, 1.807) is 40.0 Å². The van der Waals surface area contributed by atoms with Crippen LogP contribution in [-0.4, -0.2) is 28.5 Å². The number of rotatable bonds is 3. The van der Waals surface area contributed by atoms with Gasteiger partial charge in [0.2, 0.25) is 0 Å². The van der Waals surface area contributed by atoms with Gasteiger partial charge in [0.25, 0.3) is 5.91 Å². The Bertz CT molecular complexity index is 478. The van der Waals surface area contributed by atoms with E-state index in [0.29, 0.717) is 5.56 Å². The lowest BCUT2D eigenvalue weighted by Crippen LogP contribution is -2.42. The molecule has 1 amide bonds. The molecular formula is C14H20N2O3. The molecule has 1 heterocycles. The molecule has 104 valence electrons. The number of carbonyl (C=O) groups is 2. The van der Waals surface area contributed by atoms with Crippen molar-refractivity contribution in [2.75, 3.05) is 0 Å². The van der Waals surface area contributed by atoms with E-state index >= 15 is 0 Å². The number of nitrogens with zero attached hydrogens (tertiary/aromatic N) is 1. The molecule has 0 aliphatic rings. The Hall–Kier alpha value is -1.91. The molecule has 0 bridgehead atoms. The minimum absolute atomic E-state index is 0.338. The highest BCUT2D eigenvalue weighted by Gasteiger charge is 2.23. The number of amides is 1. The first kappa shape index (κ1) is 15.1. The Morgan fingerprint density at radius 3 is 2.47 bits per heavy atom. The molecule has 1 atom stereocenters. The third-order valence-corrected chi connectivity index (χ3v) is 2.25. The summed E-state index contributed by atoms with van der Waals surface area (Å²) in [6, 6.07) is 1.01. The van der Waals surface area contributed by atoms with E-state index < -0.39 is 17.6 Å². The molecule has 0 aromatic carbocycles. The second-order valence-electron chi connectivity index (χ2n) is 5.48. The average Bonchev–Trinajstić information content (AvgIpc) is 2.26. The van der Waals surface area contributed by atoms with Crippen molar-refractivity contribution in [2.24, 2.45) is 0 Å². The van der Waals surface area contributed by atoms with Crippen LogP contribution in [-0.2, 0) is 9.53 Å². The van der Waals surface area contributed by atoms with Crippen molar-refractivity contribution in [3.8, 4) is 0 Å². The van der Waals surface area contributed by atoms with Crippen LogP contribution in [0.5, 0.6) is 0 Å². The van der Waals surface area contributed by atoms with Gasteiger partial charge in [-0.2, -0.15) is 0 Å². The number of hydrogen-bond donors (Lipinski definition) is 1. The lowest BCUT2D eigenvalue weighted by Gasteiger charge is -2.22. The van der Waals surface area contributed by atoms with Gasteiger partial charge in [0.05, 0.1) is 5.56 Å². The van der Waals surface area contributed by atoms with E-state index in [1.165, 1.54) is 6.20 Å². The van der Waals surface area contributed by atoms with Gasteiger partial charge in [-0.25, -0.2) is 4.79 Å². The largest absolute Gasteiger partial charge is 0.458 e. The maximum absolute atomic E-state index is 11.9. The molecule has 0 radical (unpaired) electrons. The number of carbonyl (C=O) groups excluding carboxylic acids is 2. The molecule has 0 saturated heterocycles. The highest BCUT2D eigenvalue weighted by atomic mass is 16.6. The minimum atomic E-state index is -0.702. The number of aromatic nitrogens is 1. The topological polar surface area (TPSA) is 68.3 Å². The molecule has 0 aliphatic heterocycles. The van der Waals surface area contributed by atoms with Crippen LogP contribution in [0.25, 0.3) is 0 Å². The lowest BCUT2D eigenvalue weighted by molar-refractivity contribution is -0.156. The smallest absolute Gasteiger partial charge is 0.328 e. The van der Waals surface area contributed by atoms with Crippen LogP contribution in [0.4, 0.5) is 0 Å². The third-order valence-electron chi connectivity index (χ3n) is 2.25. The summed E-state index contributed by atoms with van der Waals surface area (Å²) in [7, 11) is 0. The van der Waals surface area contributed by atoms with Gasteiger partial charge in [-0.15, -0.1) is 0 Å². The summed E-state index contributed by atoms with van der Waals surface area (Å²) in [6.07, 6.45) is 3.12. The first-order valence-electron chi connectivity index (χ1n) is 6.14. The number of nitrogens with one attached hydrogen (secondary N) is 1. The van der Waals surface area contributed by atoms with E-state index in [-0.39, 0.29) is 5.91 Å². The van der Waals surface area contributed by atoms with Crippen molar-refractivity contribution in [1.29, 1.82) is 0 Å². The predicted octanol–water partition coefficient (Wildman–Crippen LogP) is 1.85. The van der Waals surface area contributed by atoms with Gasteiger partial charge in [0.15, 0.2) is 0 Å². The molecule has 1 aromatic heterocycles. The molecular weight excluding hydrogens is 244 g/mol. The predicted molar refractivity (Wildman–Crippen MR) is 71.7 cm³/mol. The third kappa shape index (κ3) is 5.07. The minimum Gasteiger partial charge on any atom is -0.458 e. The van der Waals surface area contributed by atoms with Crippen molar-refractivity contribution >= 4 is 11.9 Å². The number of esters is 1. The first-order chi connectivity index (χ1) is 8.69. The average molecular weight is 264 g/mol. The molecule has 5 nitrogen and oxygen atoms in total. The standard InChI is InChI=1S/C14H20N2O3/c1-9-6-11(8-15-7-9)12(17)16-10(2)13(18)19-14(3,4)5/h6-8,10H,1-5H3,(H,16,17)/t10-/m1/s1. The van der Waals surface area contributed by atoms with Gasteiger partial charge in [0.1, 0.15) is 11.6 Å². The van der Waals surface area contributed by atoms with E-state index in [2.05, 4.69) is 10.3 Å². The van der Waals surface area contributed by atoms with Gasteiger partial charge < -0.3 is 10.1 Å². The van der Waals surface area contributed by atoms with Crippen molar-refractivity contribution < 1.29 is 14.3 Å². The van der Waals surface area contributed by atoms with Crippen LogP contribution in [0.3, 0.4) is 0 Å². The number of ether oxygens (including phenoxy) is 1. The zero-order valence-electron chi connectivity index (χ0n) is 12.0. The summed E-state index contributed by atoms with van der Waals surface area (Å²) in [5, 5.41) is 2.59. The summed E-state index contributed by atoms with van der Waals surface area (Å²) in [4.78, 5) is 27.6. The summed E-state index contributed by atoms with van der Waals surface area (Å²) in [5.41, 5.74) is 0.744. The zero-order chi connectivity index (χ0) is 14.6. The van der Waals surface area contributed by atoms with Crippen LogP contribution < -0.4 is 5.32 Å². The Morgan fingerprint density at radius 2 is 1.95 bits per heavy atom. The normalized spacial score (nSPS) is 12.7. The van der Waals surface area contributed by atoms with E-state index in [0.717, 1.165) is 5.56 Å². The van der Waals surface area contributed by atoms with Gasteiger partial charge in [-0.1, -0.05) is 0 Å². The summed E-state index contributed by atoms with van der Waals surface area (Å²) in [5.74, 6) is -0.795. The van der Waals surface area contributed by atoms with Gasteiger partial charge in [-0.3, -0.25) is 9.78 Å². The maximum atomic E-state index is 11.9. The molecule has 0 aliphatic carbocycles. The summed E-state index contributed by atoms with van der Waals surface area (Å²) >= 11 is 0. The van der Waals surface area contributed by atoms with Crippen molar-refractivity contribution in [2.45, 2.75) is 46.3 Å². The fourth-order valence-electron chi connectivity index (χ4n) is 1.41. The molecule has 1 rings (SSSR count). The molecule has 1 N–H and O–H groups in total. The van der Waals surface area contributed by atoms with Crippen LogP contribution in [0, 0.1) is 6.92 Å². The zero-order valence-corrected chi connectivity index (χ0v) is 12.0. The molecule has 5 heteroatoms. The van der Waals surface area contributed by atoms with E-state index in [4.69, 9.17) is 4.74 Å². The number of aryl methyl sites for hydroxylation is 1. The number of hydrogen-bond acceptors (Lipinski definition) is 4. The Morgan fingerprint density at radius 1 is 1.32 bits per heavy atom. The maximum Gasteiger partial charge on any atom is 0.328 e. The Balaban J connectivity index is 2.64. The molecule has 1 aromatic rings. The molecule has 19 heavy (non-hydrogen) atoms. The highest BCUT2D eigenvalue weighted by Crippen LogP contribution is 2.09. The number of pyridine rings is 1. The van der Waals surface area contributed by atoms with Crippen LogP contribution >= 0.6 is 0 Å².